The zero-order valence-electron chi connectivity index (χ0n) is 18.0. The van der Waals surface area contributed by atoms with E-state index in [9.17, 15) is 9.50 Å². The molecule has 1 aromatic heterocycles. The number of likely N-dealkylation sites (tertiary alicyclic amines) is 1. The minimum Gasteiger partial charge on any atom is -0.508 e. The van der Waals surface area contributed by atoms with Crippen molar-refractivity contribution in [3.63, 3.8) is 0 Å². The molecule has 1 unspecified atom stereocenters. The Morgan fingerprint density at radius 1 is 1.03 bits per heavy atom. The summed E-state index contributed by atoms with van der Waals surface area (Å²) in [6.45, 7) is 2.90. The Morgan fingerprint density at radius 3 is 2.72 bits per heavy atom. The number of piperidine rings is 1. The van der Waals surface area contributed by atoms with Crippen molar-refractivity contribution in [3.05, 3.63) is 101 Å². The average Bonchev–Trinajstić information content (AvgIpc) is 3.16. The summed E-state index contributed by atoms with van der Waals surface area (Å²) in [5.74, 6) is 0.533. The second-order valence-corrected chi connectivity index (χ2v) is 9.50. The van der Waals surface area contributed by atoms with Gasteiger partial charge in [-0.25, -0.2) is 4.39 Å². The van der Waals surface area contributed by atoms with E-state index in [4.69, 9.17) is 0 Å². The van der Waals surface area contributed by atoms with Gasteiger partial charge in [0.25, 0.3) is 0 Å². The summed E-state index contributed by atoms with van der Waals surface area (Å²) in [5.41, 5.74) is 5.65. The molecule has 162 valence electrons. The molecule has 4 heteroatoms. The molecule has 2 heterocycles. The number of nitrogens with zero attached hydrogens (tertiary/aromatic N) is 1. The van der Waals surface area contributed by atoms with Crippen LogP contribution in [-0.2, 0) is 24.8 Å². The minimum absolute atomic E-state index is 0.0592. The molecule has 2 atom stereocenters. The van der Waals surface area contributed by atoms with E-state index in [1.807, 2.05) is 18.2 Å². The molecule has 6 rings (SSSR count). The molecule has 32 heavy (non-hydrogen) atoms. The zero-order valence-corrected chi connectivity index (χ0v) is 18.0. The molecule has 2 N–H and O–H groups in total. The van der Waals surface area contributed by atoms with Gasteiger partial charge in [-0.05, 0) is 72.7 Å². The van der Waals surface area contributed by atoms with Crippen molar-refractivity contribution in [1.29, 1.82) is 0 Å². The van der Waals surface area contributed by atoms with Gasteiger partial charge in [0.1, 0.15) is 11.6 Å². The maximum Gasteiger partial charge on any atom is 0.132 e. The number of phenolic OH excluding ortho intramolecular Hbond substituents is 1. The standard InChI is InChI=1S/C28H27FN2O/c29-24-10-5-11-25-27(24)23-15-21-18-31(17-19-6-2-1-3-7-19)13-12-28(21,16-26(23)30-25)20-8-4-9-22(32)14-20/h1-11,14,21,30,32H,12-13,15-18H2/t21?,28-/m0/s1. The predicted octanol–water partition coefficient (Wildman–Crippen LogP) is 5.57. The van der Waals surface area contributed by atoms with Gasteiger partial charge in [-0.1, -0.05) is 48.5 Å². The second-order valence-electron chi connectivity index (χ2n) is 9.50. The number of phenols is 1. The van der Waals surface area contributed by atoms with E-state index in [1.54, 1.807) is 18.2 Å². The van der Waals surface area contributed by atoms with Crippen LogP contribution in [0.2, 0.25) is 0 Å². The summed E-state index contributed by atoms with van der Waals surface area (Å²) in [7, 11) is 0. The van der Waals surface area contributed by atoms with Gasteiger partial charge in [0.15, 0.2) is 0 Å². The van der Waals surface area contributed by atoms with Crippen molar-refractivity contribution in [1.82, 2.24) is 9.88 Å². The summed E-state index contributed by atoms with van der Waals surface area (Å²) >= 11 is 0. The highest BCUT2D eigenvalue weighted by atomic mass is 19.1. The molecule has 1 aliphatic carbocycles. The first-order chi connectivity index (χ1) is 15.6. The lowest BCUT2D eigenvalue weighted by Crippen LogP contribution is -2.53. The molecule has 1 saturated heterocycles. The van der Waals surface area contributed by atoms with Crippen molar-refractivity contribution < 1.29 is 9.50 Å². The Labute approximate surface area is 187 Å². The predicted molar refractivity (Wildman–Crippen MR) is 125 cm³/mol. The van der Waals surface area contributed by atoms with Crippen LogP contribution in [0.15, 0.2) is 72.8 Å². The Hall–Kier alpha value is -3.11. The van der Waals surface area contributed by atoms with Crippen LogP contribution < -0.4 is 0 Å². The third kappa shape index (κ3) is 3.13. The van der Waals surface area contributed by atoms with Crippen molar-refractivity contribution in [2.45, 2.75) is 31.2 Å². The largest absolute Gasteiger partial charge is 0.508 e. The number of halogens is 1. The van der Waals surface area contributed by atoms with Crippen LogP contribution in [0.5, 0.6) is 5.75 Å². The number of H-pyrrole nitrogens is 1. The van der Waals surface area contributed by atoms with E-state index < -0.39 is 0 Å². The smallest absolute Gasteiger partial charge is 0.132 e. The normalized spacial score (nSPS) is 23.1. The first kappa shape index (κ1) is 19.6. The molecule has 0 amide bonds. The quantitative estimate of drug-likeness (QED) is 0.449. The van der Waals surface area contributed by atoms with E-state index in [1.165, 1.54) is 11.1 Å². The summed E-state index contributed by atoms with van der Waals surface area (Å²) in [5, 5.41) is 11.0. The third-order valence-electron chi connectivity index (χ3n) is 7.71. The van der Waals surface area contributed by atoms with Crippen molar-refractivity contribution in [3.8, 4) is 5.75 Å². The van der Waals surface area contributed by atoms with Gasteiger partial charge in [0.05, 0.1) is 0 Å². The molecule has 3 nitrogen and oxygen atoms in total. The minimum atomic E-state index is -0.137. The molecule has 2 aliphatic rings. The summed E-state index contributed by atoms with van der Waals surface area (Å²) in [4.78, 5) is 6.07. The highest BCUT2D eigenvalue weighted by Crippen LogP contribution is 2.49. The number of hydrogen-bond acceptors (Lipinski definition) is 2. The second kappa shape index (κ2) is 7.49. The van der Waals surface area contributed by atoms with Crippen LogP contribution in [0.25, 0.3) is 10.9 Å². The number of aromatic amines is 1. The lowest BCUT2D eigenvalue weighted by atomic mass is 9.58. The first-order valence-electron chi connectivity index (χ1n) is 11.5. The number of aromatic hydroxyl groups is 1. The van der Waals surface area contributed by atoms with Crippen LogP contribution in [0, 0.1) is 11.7 Å². The Morgan fingerprint density at radius 2 is 1.88 bits per heavy atom. The number of benzene rings is 3. The number of aromatic nitrogens is 1. The average molecular weight is 427 g/mol. The van der Waals surface area contributed by atoms with Gasteiger partial charge in [-0.3, -0.25) is 4.90 Å². The molecule has 0 saturated carbocycles. The SMILES string of the molecule is Oc1cccc([C@@]23CCN(Cc4ccccc4)CC2Cc2c([nH]c4cccc(F)c24)C3)c1. The number of rotatable bonds is 3. The number of fused-ring (bicyclic) bond motifs is 4. The fraction of sp³-hybridized carbons (Fsp3) is 0.286. The lowest BCUT2D eigenvalue weighted by Gasteiger charge is -2.51. The van der Waals surface area contributed by atoms with Gasteiger partial charge >= 0.3 is 0 Å². The fourth-order valence-electron chi connectivity index (χ4n) is 6.18. The van der Waals surface area contributed by atoms with E-state index in [0.29, 0.717) is 11.7 Å². The maximum absolute atomic E-state index is 14.8. The lowest BCUT2D eigenvalue weighted by molar-refractivity contribution is 0.0764. The molecule has 0 radical (unpaired) electrons. The van der Waals surface area contributed by atoms with Crippen molar-refractivity contribution >= 4 is 10.9 Å². The summed E-state index contributed by atoms with van der Waals surface area (Å²) < 4.78 is 14.8. The van der Waals surface area contributed by atoms with Crippen molar-refractivity contribution in [2.75, 3.05) is 13.1 Å². The summed E-state index contributed by atoms with van der Waals surface area (Å²) in [6, 6.07) is 23.7. The van der Waals surface area contributed by atoms with Crippen LogP contribution in [-0.4, -0.2) is 28.1 Å². The van der Waals surface area contributed by atoms with Crippen LogP contribution in [0.1, 0.15) is 28.8 Å². The van der Waals surface area contributed by atoms with Crippen LogP contribution in [0.3, 0.4) is 0 Å². The van der Waals surface area contributed by atoms with E-state index in [0.717, 1.165) is 61.1 Å². The topological polar surface area (TPSA) is 39.3 Å². The van der Waals surface area contributed by atoms with Crippen molar-refractivity contribution in [2.24, 2.45) is 5.92 Å². The van der Waals surface area contributed by atoms with Gasteiger partial charge in [-0.2, -0.15) is 0 Å². The third-order valence-corrected chi connectivity index (χ3v) is 7.71. The monoisotopic (exact) mass is 426 g/mol. The van der Waals surface area contributed by atoms with Gasteiger partial charge < -0.3 is 10.1 Å². The molecular weight excluding hydrogens is 399 g/mol. The highest BCUT2D eigenvalue weighted by molar-refractivity contribution is 5.85. The first-order valence-corrected chi connectivity index (χ1v) is 11.5. The zero-order chi connectivity index (χ0) is 21.7. The van der Waals surface area contributed by atoms with Crippen LogP contribution in [0.4, 0.5) is 4.39 Å². The van der Waals surface area contributed by atoms with Crippen LogP contribution >= 0.6 is 0 Å². The molecule has 1 fully saturated rings. The number of hydrogen-bond donors (Lipinski definition) is 2. The fourth-order valence-corrected chi connectivity index (χ4v) is 6.18. The molecule has 0 bridgehead atoms. The molecule has 3 aromatic carbocycles. The van der Waals surface area contributed by atoms with Gasteiger partial charge in [0.2, 0.25) is 0 Å². The maximum atomic E-state index is 14.8. The van der Waals surface area contributed by atoms with E-state index in [2.05, 4.69) is 46.3 Å². The Balaban J connectivity index is 1.42. The molecule has 4 aromatic rings. The molecule has 0 spiro atoms. The highest BCUT2D eigenvalue weighted by Gasteiger charge is 2.48. The number of nitrogens with one attached hydrogen (secondary N) is 1. The molecular formula is C28H27FN2O. The van der Waals surface area contributed by atoms with E-state index in [-0.39, 0.29) is 11.2 Å². The van der Waals surface area contributed by atoms with Gasteiger partial charge in [-0.15, -0.1) is 0 Å². The van der Waals surface area contributed by atoms with E-state index >= 15 is 0 Å². The van der Waals surface area contributed by atoms with Gasteiger partial charge in [0, 0.05) is 35.1 Å². The Kier molecular flexibility index (Phi) is 4.58. The Bertz CT molecular complexity index is 1280. The summed E-state index contributed by atoms with van der Waals surface area (Å²) in [6.07, 6.45) is 2.71. The molecule has 1 aliphatic heterocycles.